The first-order chi connectivity index (χ1) is 6.43. The quantitative estimate of drug-likeness (QED) is 0.543. The van der Waals surface area contributed by atoms with Crippen molar-refractivity contribution in [1.82, 2.24) is 0 Å². The number of benzene rings is 1. The van der Waals surface area contributed by atoms with Gasteiger partial charge in [-0.15, -0.1) is 24.8 Å². The second kappa shape index (κ2) is 12.0. The number of unbranched alkanes of at least 4 members (excludes halogenated alkanes) is 3. The van der Waals surface area contributed by atoms with Crippen LogP contribution >= 0.6 is 33.0 Å². The molecule has 0 aliphatic rings. The molecule has 1 rings (SSSR count). The van der Waals surface area contributed by atoms with Crippen molar-refractivity contribution >= 4 is 44.1 Å². The van der Waals surface area contributed by atoms with Crippen LogP contribution in [0.15, 0.2) is 30.3 Å². The van der Waals surface area contributed by atoms with Gasteiger partial charge in [-0.3, -0.25) is 0 Å². The van der Waals surface area contributed by atoms with Gasteiger partial charge in [-0.2, -0.15) is 0 Å². The number of rotatable bonds is 5. The molecule has 0 heterocycles. The van der Waals surface area contributed by atoms with Crippen molar-refractivity contribution in [3.63, 3.8) is 0 Å². The van der Waals surface area contributed by atoms with Gasteiger partial charge in [0, 0.05) is 5.30 Å². The summed E-state index contributed by atoms with van der Waals surface area (Å²) in [5.74, 6) is 2.37. The highest BCUT2D eigenvalue weighted by Crippen LogP contribution is 2.01. The van der Waals surface area contributed by atoms with E-state index in [0.29, 0.717) is 0 Å². The highest BCUT2D eigenvalue weighted by Gasteiger charge is 1.84. The molecule has 0 aromatic heterocycles. The molecule has 0 amide bonds. The predicted molar refractivity (Wildman–Crippen MR) is 77.7 cm³/mol. The first-order valence-electron chi connectivity index (χ1n) is 5.01. The summed E-state index contributed by atoms with van der Waals surface area (Å²) in [6, 6.07) is 10.6. The molecule has 1 aromatic rings. The molecule has 0 spiro atoms. The fourth-order valence-corrected chi connectivity index (χ4v) is 2.04. The average Bonchev–Trinajstić information content (AvgIpc) is 2.19. The minimum absolute atomic E-state index is 0. The smallest absolute Gasteiger partial charge is 0.00146 e. The SMILES string of the molecule is CCCCCC=Pc1ccccc1.Cl.Cl. The summed E-state index contributed by atoms with van der Waals surface area (Å²) in [6.07, 6.45) is 5.28. The van der Waals surface area contributed by atoms with Gasteiger partial charge in [0.25, 0.3) is 0 Å². The van der Waals surface area contributed by atoms with E-state index in [0.717, 1.165) is 0 Å². The first-order valence-corrected chi connectivity index (χ1v) is 5.97. The van der Waals surface area contributed by atoms with Crippen molar-refractivity contribution in [2.45, 2.75) is 32.6 Å². The molecule has 0 aliphatic heterocycles. The molecule has 0 aliphatic carbocycles. The van der Waals surface area contributed by atoms with Crippen LogP contribution in [0.2, 0.25) is 0 Å². The van der Waals surface area contributed by atoms with Crippen molar-refractivity contribution in [3.05, 3.63) is 30.3 Å². The summed E-state index contributed by atoms with van der Waals surface area (Å²) in [5.41, 5.74) is 0. The summed E-state index contributed by atoms with van der Waals surface area (Å²) < 4.78 is 0. The van der Waals surface area contributed by atoms with Crippen LogP contribution in [-0.4, -0.2) is 5.80 Å². The number of halogens is 2. The van der Waals surface area contributed by atoms with Crippen LogP contribution in [0.25, 0.3) is 0 Å². The van der Waals surface area contributed by atoms with Crippen molar-refractivity contribution in [2.75, 3.05) is 0 Å². The van der Waals surface area contributed by atoms with Crippen LogP contribution in [0, 0.1) is 0 Å². The average molecular weight is 265 g/mol. The maximum Gasteiger partial charge on any atom is 0.00146 e. The van der Waals surface area contributed by atoms with Crippen LogP contribution in [-0.2, 0) is 0 Å². The summed E-state index contributed by atoms with van der Waals surface area (Å²) in [6.45, 7) is 2.24. The Kier molecular flexibility index (Phi) is 13.9. The number of hydrogen-bond acceptors (Lipinski definition) is 0. The molecular weight excluding hydrogens is 246 g/mol. The molecule has 0 radical (unpaired) electrons. The van der Waals surface area contributed by atoms with Gasteiger partial charge in [-0.1, -0.05) is 64.1 Å². The van der Waals surface area contributed by atoms with Crippen LogP contribution < -0.4 is 5.30 Å². The zero-order valence-electron chi connectivity index (χ0n) is 9.06. The van der Waals surface area contributed by atoms with Crippen LogP contribution in [0.4, 0.5) is 0 Å². The van der Waals surface area contributed by atoms with Crippen molar-refractivity contribution in [1.29, 1.82) is 0 Å². The Morgan fingerprint density at radius 3 is 2.33 bits per heavy atom. The molecule has 0 atom stereocenters. The minimum Gasteiger partial charge on any atom is -0.147 e. The summed E-state index contributed by atoms with van der Waals surface area (Å²) in [7, 11) is 1.37. The van der Waals surface area contributed by atoms with E-state index in [4.69, 9.17) is 0 Å². The van der Waals surface area contributed by atoms with Gasteiger partial charge in [-0.25, -0.2) is 0 Å². The molecular formula is C12H19Cl2P. The zero-order valence-corrected chi connectivity index (χ0v) is 11.6. The molecule has 3 heteroatoms. The Hall–Kier alpha value is -0.0300. The highest BCUT2D eigenvalue weighted by molar-refractivity contribution is 7.47. The van der Waals surface area contributed by atoms with E-state index in [2.05, 4.69) is 43.1 Å². The second-order valence-electron chi connectivity index (χ2n) is 3.14. The molecule has 0 saturated carbocycles. The van der Waals surface area contributed by atoms with Gasteiger partial charge in [0.1, 0.15) is 0 Å². The fraction of sp³-hybridized carbons (Fsp3) is 0.417. The second-order valence-corrected chi connectivity index (χ2v) is 4.28. The third-order valence-electron chi connectivity index (χ3n) is 1.93. The molecule has 86 valence electrons. The lowest BCUT2D eigenvalue weighted by atomic mass is 10.2. The van der Waals surface area contributed by atoms with Gasteiger partial charge >= 0.3 is 0 Å². The topological polar surface area (TPSA) is 0 Å². The fourth-order valence-electron chi connectivity index (χ4n) is 1.17. The molecule has 0 bridgehead atoms. The van der Waals surface area contributed by atoms with Crippen molar-refractivity contribution < 1.29 is 0 Å². The van der Waals surface area contributed by atoms with Crippen LogP contribution in [0.5, 0.6) is 0 Å². The van der Waals surface area contributed by atoms with E-state index >= 15 is 0 Å². The van der Waals surface area contributed by atoms with E-state index < -0.39 is 0 Å². The van der Waals surface area contributed by atoms with E-state index in [1.54, 1.807) is 0 Å². The molecule has 15 heavy (non-hydrogen) atoms. The molecule has 0 saturated heterocycles. The van der Waals surface area contributed by atoms with Gasteiger partial charge in [0.05, 0.1) is 0 Å². The predicted octanol–water partition coefficient (Wildman–Crippen LogP) is 4.48. The normalized spacial score (nSPS) is 9.40. The molecule has 1 aromatic carbocycles. The van der Waals surface area contributed by atoms with E-state index in [1.165, 1.54) is 39.2 Å². The zero-order chi connectivity index (χ0) is 9.36. The molecule has 0 fully saturated rings. The van der Waals surface area contributed by atoms with Crippen LogP contribution in [0.1, 0.15) is 32.6 Å². The largest absolute Gasteiger partial charge is 0.147 e. The molecule has 0 N–H and O–H groups in total. The van der Waals surface area contributed by atoms with Gasteiger partial charge in [0.2, 0.25) is 0 Å². The van der Waals surface area contributed by atoms with E-state index in [-0.39, 0.29) is 24.8 Å². The van der Waals surface area contributed by atoms with E-state index in [9.17, 15) is 0 Å². The summed E-state index contributed by atoms with van der Waals surface area (Å²) in [5, 5.41) is 1.40. The Bertz CT molecular complexity index is 247. The maximum absolute atomic E-state index is 2.37. The number of hydrogen-bond donors (Lipinski definition) is 0. The minimum atomic E-state index is 0. The third kappa shape index (κ3) is 8.93. The van der Waals surface area contributed by atoms with Gasteiger partial charge in [-0.05, 0) is 12.8 Å². The van der Waals surface area contributed by atoms with Gasteiger partial charge < -0.3 is 0 Å². The third-order valence-corrected chi connectivity index (χ3v) is 2.97. The highest BCUT2D eigenvalue weighted by atomic mass is 35.5. The monoisotopic (exact) mass is 264 g/mol. The lowest BCUT2D eigenvalue weighted by molar-refractivity contribution is 0.748. The first kappa shape index (κ1) is 17.4. The molecule has 0 nitrogen and oxygen atoms in total. The summed E-state index contributed by atoms with van der Waals surface area (Å²) in [4.78, 5) is 0. The Labute approximate surface area is 107 Å². The Balaban J connectivity index is 0. The molecule has 0 unspecified atom stereocenters. The standard InChI is InChI=1S/C12H17P.2ClH/c1-2-3-4-8-11-13-12-9-6-5-7-10-12;;/h5-7,9-11H,2-4,8H2,1H3;2*1H. The Morgan fingerprint density at radius 2 is 1.73 bits per heavy atom. The maximum atomic E-state index is 2.37. The Morgan fingerprint density at radius 1 is 1.07 bits per heavy atom. The summed E-state index contributed by atoms with van der Waals surface area (Å²) >= 11 is 0. The van der Waals surface area contributed by atoms with E-state index in [1.807, 2.05) is 0 Å². The lowest BCUT2D eigenvalue weighted by Crippen LogP contribution is -1.88. The van der Waals surface area contributed by atoms with Crippen LogP contribution in [0.3, 0.4) is 0 Å². The van der Waals surface area contributed by atoms with Crippen molar-refractivity contribution in [2.24, 2.45) is 0 Å². The lowest BCUT2D eigenvalue weighted by Gasteiger charge is -1.92. The van der Waals surface area contributed by atoms with Gasteiger partial charge in [0.15, 0.2) is 0 Å². The van der Waals surface area contributed by atoms with Crippen molar-refractivity contribution in [3.8, 4) is 0 Å².